The topological polar surface area (TPSA) is 105 Å². The number of nitrogens with one attached hydrogen (secondary N) is 1. The van der Waals surface area contributed by atoms with Crippen LogP contribution >= 0.6 is 0 Å². The molecular formula is C29H27N3O6. The fraction of sp³-hybridized carbons (Fsp3) is 0.241. The molecule has 0 spiro atoms. The van der Waals surface area contributed by atoms with Gasteiger partial charge in [-0.25, -0.2) is 0 Å². The first-order chi connectivity index (χ1) is 18.4. The molecule has 1 N–H and O–H groups in total. The molecule has 0 aliphatic carbocycles. The Morgan fingerprint density at radius 2 is 1.63 bits per heavy atom. The molecule has 38 heavy (non-hydrogen) atoms. The number of hydrogen-bond donors (Lipinski definition) is 1. The van der Waals surface area contributed by atoms with Gasteiger partial charge in [-0.2, -0.15) is 0 Å². The summed E-state index contributed by atoms with van der Waals surface area (Å²) in [5, 5.41) is 2.82. The molecule has 0 bridgehead atoms. The quantitative estimate of drug-likeness (QED) is 0.436. The summed E-state index contributed by atoms with van der Waals surface area (Å²) in [5.41, 5.74) is 3.06. The van der Waals surface area contributed by atoms with Gasteiger partial charge in [0.15, 0.2) is 6.61 Å². The zero-order valence-corrected chi connectivity index (χ0v) is 20.9. The maximum atomic E-state index is 12.5. The standard InChI is InChI=1S/C29H27N3O6/c1-19-8-11-21(12-9-19)37-16-15-31-24-13-10-20(17-25(24)38-18-27(31)34)30-26(33)7-4-14-32-28(35)22-5-2-3-6-23(22)29(32)36/h2-3,5-6,8-13,17H,4,7,14-16,18H2,1H3,(H,30,33). The molecule has 194 valence electrons. The van der Waals surface area contributed by atoms with Crippen molar-refractivity contribution in [3.63, 3.8) is 0 Å². The lowest BCUT2D eigenvalue weighted by Crippen LogP contribution is -2.41. The Kier molecular flexibility index (Phi) is 7.08. The molecule has 9 heteroatoms. The number of benzene rings is 3. The Morgan fingerprint density at radius 1 is 0.921 bits per heavy atom. The molecule has 5 rings (SSSR count). The normalized spacial score (nSPS) is 14.2. The maximum absolute atomic E-state index is 12.5. The molecule has 0 radical (unpaired) electrons. The summed E-state index contributed by atoms with van der Waals surface area (Å²) >= 11 is 0. The minimum Gasteiger partial charge on any atom is -0.492 e. The molecule has 0 saturated heterocycles. The van der Waals surface area contributed by atoms with Gasteiger partial charge in [0.1, 0.15) is 18.1 Å². The first kappa shape index (κ1) is 25.0. The van der Waals surface area contributed by atoms with E-state index in [1.54, 1.807) is 47.4 Å². The number of fused-ring (bicyclic) bond motifs is 2. The highest BCUT2D eigenvalue weighted by Gasteiger charge is 2.34. The van der Waals surface area contributed by atoms with Crippen LogP contribution in [0.2, 0.25) is 0 Å². The molecular weight excluding hydrogens is 486 g/mol. The molecule has 4 amide bonds. The van der Waals surface area contributed by atoms with Crippen molar-refractivity contribution < 1.29 is 28.7 Å². The molecule has 2 aliphatic rings. The van der Waals surface area contributed by atoms with Gasteiger partial charge in [0.25, 0.3) is 17.7 Å². The summed E-state index contributed by atoms with van der Waals surface area (Å²) in [5.74, 6) is 0.135. The van der Waals surface area contributed by atoms with Crippen molar-refractivity contribution in [2.45, 2.75) is 19.8 Å². The highest BCUT2D eigenvalue weighted by molar-refractivity contribution is 6.21. The number of hydrogen-bond acceptors (Lipinski definition) is 6. The summed E-state index contributed by atoms with van der Waals surface area (Å²) in [6, 6.07) is 19.5. The van der Waals surface area contributed by atoms with Crippen molar-refractivity contribution in [2.75, 3.05) is 36.5 Å². The summed E-state index contributed by atoms with van der Waals surface area (Å²) in [6.45, 7) is 2.73. The van der Waals surface area contributed by atoms with E-state index in [1.165, 1.54) is 4.90 Å². The van der Waals surface area contributed by atoms with E-state index in [9.17, 15) is 19.2 Å². The van der Waals surface area contributed by atoms with Crippen LogP contribution in [0.25, 0.3) is 0 Å². The number of anilines is 2. The van der Waals surface area contributed by atoms with Crippen molar-refractivity contribution in [3.8, 4) is 11.5 Å². The molecule has 3 aromatic carbocycles. The molecule has 3 aromatic rings. The number of imide groups is 1. The van der Waals surface area contributed by atoms with Gasteiger partial charge in [-0.05, 0) is 49.7 Å². The SMILES string of the molecule is Cc1ccc(OCCN2C(=O)COc3cc(NC(=O)CCCN4C(=O)c5ccccc5C4=O)ccc32)cc1. The average molecular weight is 514 g/mol. The number of aryl methyl sites for hydroxylation is 1. The molecule has 0 aromatic heterocycles. The lowest BCUT2D eigenvalue weighted by atomic mass is 10.1. The average Bonchev–Trinajstić information content (AvgIpc) is 3.16. The molecule has 9 nitrogen and oxygen atoms in total. The van der Waals surface area contributed by atoms with Crippen LogP contribution in [0.3, 0.4) is 0 Å². The lowest BCUT2D eigenvalue weighted by Gasteiger charge is -2.29. The molecule has 0 unspecified atom stereocenters. The minimum atomic E-state index is -0.332. The summed E-state index contributed by atoms with van der Waals surface area (Å²) < 4.78 is 11.4. The third-order valence-electron chi connectivity index (χ3n) is 6.45. The van der Waals surface area contributed by atoms with E-state index in [0.717, 1.165) is 11.3 Å². The van der Waals surface area contributed by atoms with Gasteiger partial charge in [0.05, 0.1) is 23.4 Å². The van der Waals surface area contributed by atoms with Crippen LogP contribution < -0.4 is 19.7 Å². The van der Waals surface area contributed by atoms with Crippen LogP contribution in [-0.4, -0.2) is 54.8 Å². The van der Waals surface area contributed by atoms with E-state index in [4.69, 9.17) is 9.47 Å². The Hall–Kier alpha value is -4.66. The van der Waals surface area contributed by atoms with E-state index >= 15 is 0 Å². The van der Waals surface area contributed by atoms with Crippen LogP contribution in [0.4, 0.5) is 11.4 Å². The minimum absolute atomic E-state index is 0.102. The first-order valence-electron chi connectivity index (χ1n) is 12.4. The molecule has 2 aliphatic heterocycles. The monoisotopic (exact) mass is 513 g/mol. The largest absolute Gasteiger partial charge is 0.492 e. The van der Waals surface area contributed by atoms with E-state index in [2.05, 4.69) is 5.32 Å². The van der Waals surface area contributed by atoms with Gasteiger partial charge in [0.2, 0.25) is 5.91 Å². The van der Waals surface area contributed by atoms with Crippen molar-refractivity contribution in [3.05, 3.63) is 83.4 Å². The van der Waals surface area contributed by atoms with Crippen molar-refractivity contribution in [1.82, 2.24) is 4.90 Å². The number of rotatable bonds is 9. The number of carbonyl (C=O) groups excluding carboxylic acids is 4. The first-order valence-corrected chi connectivity index (χ1v) is 12.4. The van der Waals surface area contributed by atoms with E-state index in [-0.39, 0.29) is 43.2 Å². The van der Waals surface area contributed by atoms with Gasteiger partial charge >= 0.3 is 0 Å². The third-order valence-corrected chi connectivity index (χ3v) is 6.45. The van der Waals surface area contributed by atoms with Crippen LogP contribution in [-0.2, 0) is 9.59 Å². The Morgan fingerprint density at radius 3 is 2.34 bits per heavy atom. The predicted molar refractivity (Wildman–Crippen MR) is 141 cm³/mol. The molecule has 0 atom stereocenters. The summed E-state index contributed by atoms with van der Waals surface area (Å²) in [6.07, 6.45) is 0.467. The van der Waals surface area contributed by atoms with Gasteiger partial charge in [-0.1, -0.05) is 29.8 Å². The molecule has 0 fully saturated rings. The van der Waals surface area contributed by atoms with Gasteiger partial charge in [-0.15, -0.1) is 0 Å². The third kappa shape index (κ3) is 5.22. The van der Waals surface area contributed by atoms with Crippen LogP contribution in [0.5, 0.6) is 11.5 Å². The second-order valence-electron chi connectivity index (χ2n) is 9.14. The van der Waals surface area contributed by atoms with E-state index in [1.807, 2.05) is 31.2 Å². The van der Waals surface area contributed by atoms with Crippen LogP contribution in [0.1, 0.15) is 39.1 Å². The predicted octanol–water partition coefficient (Wildman–Crippen LogP) is 3.81. The fourth-order valence-electron chi connectivity index (χ4n) is 4.48. The zero-order chi connectivity index (χ0) is 26.6. The number of amides is 4. The van der Waals surface area contributed by atoms with Crippen LogP contribution in [0.15, 0.2) is 66.7 Å². The zero-order valence-electron chi connectivity index (χ0n) is 20.9. The van der Waals surface area contributed by atoms with Crippen LogP contribution in [0, 0.1) is 6.92 Å². The number of carbonyl (C=O) groups is 4. The number of nitrogens with zero attached hydrogens (tertiary/aromatic N) is 2. The second-order valence-corrected chi connectivity index (χ2v) is 9.14. The smallest absolute Gasteiger partial charge is 0.265 e. The van der Waals surface area contributed by atoms with Crippen molar-refractivity contribution in [2.24, 2.45) is 0 Å². The highest BCUT2D eigenvalue weighted by Crippen LogP contribution is 2.34. The van der Waals surface area contributed by atoms with Gasteiger partial charge in [-0.3, -0.25) is 24.1 Å². The van der Waals surface area contributed by atoms with E-state index < -0.39 is 0 Å². The summed E-state index contributed by atoms with van der Waals surface area (Å²) in [4.78, 5) is 52.7. The Balaban J connectivity index is 1.13. The highest BCUT2D eigenvalue weighted by atomic mass is 16.5. The van der Waals surface area contributed by atoms with Gasteiger partial charge < -0.3 is 19.7 Å². The number of ether oxygens (including phenoxy) is 2. The van der Waals surface area contributed by atoms with Crippen molar-refractivity contribution in [1.29, 1.82) is 0 Å². The maximum Gasteiger partial charge on any atom is 0.265 e. The molecule has 0 saturated carbocycles. The second kappa shape index (κ2) is 10.8. The lowest BCUT2D eigenvalue weighted by molar-refractivity contribution is -0.121. The molecule has 2 heterocycles. The Labute approximate surface area is 219 Å². The van der Waals surface area contributed by atoms with Crippen molar-refractivity contribution >= 4 is 35.0 Å². The fourth-order valence-corrected chi connectivity index (χ4v) is 4.48. The summed E-state index contributed by atoms with van der Waals surface area (Å²) in [7, 11) is 0. The van der Waals surface area contributed by atoms with E-state index in [0.29, 0.717) is 47.8 Å². The Bertz CT molecular complexity index is 1370. The van der Waals surface area contributed by atoms with Gasteiger partial charge in [0, 0.05) is 24.7 Å².